The molecule has 0 aliphatic rings. The average Bonchev–Trinajstić information content (AvgIpc) is 3.39. The van der Waals surface area contributed by atoms with Crippen LogP contribution in [0.15, 0.2) is 51.4 Å². The molecule has 0 bridgehead atoms. The molecule has 4 rings (SSSR count). The maximum atomic E-state index is 13.2. The number of amides is 1. The first-order chi connectivity index (χ1) is 15.9. The van der Waals surface area contributed by atoms with Crippen molar-refractivity contribution in [3.05, 3.63) is 70.3 Å². The zero-order valence-corrected chi connectivity index (χ0v) is 19.0. The zero-order chi connectivity index (χ0) is 23.5. The van der Waals surface area contributed by atoms with Crippen LogP contribution in [0.1, 0.15) is 33.9 Å². The Bertz CT molecular complexity index is 1340. The molecule has 8 nitrogen and oxygen atoms in total. The van der Waals surface area contributed by atoms with Crippen LogP contribution in [0.2, 0.25) is 5.15 Å². The number of nitrogens with one attached hydrogen (secondary N) is 1. The minimum absolute atomic E-state index is 0.194. The summed E-state index contributed by atoms with van der Waals surface area (Å²) in [5, 5.41) is 7.41. The number of hydrogen-bond acceptors (Lipinski definition) is 7. The molecular weight excluding hydrogens is 448 g/mol. The van der Waals surface area contributed by atoms with Gasteiger partial charge in [0, 0.05) is 35.5 Å². The van der Waals surface area contributed by atoms with Gasteiger partial charge in [-0.1, -0.05) is 16.8 Å². The van der Waals surface area contributed by atoms with Gasteiger partial charge >= 0.3 is 0 Å². The van der Waals surface area contributed by atoms with Gasteiger partial charge < -0.3 is 23.7 Å². The van der Waals surface area contributed by atoms with Crippen LogP contribution >= 0.6 is 11.6 Å². The van der Waals surface area contributed by atoms with Crippen molar-refractivity contribution in [1.29, 1.82) is 0 Å². The van der Waals surface area contributed by atoms with Gasteiger partial charge in [-0.15, -0.1) is 0 Å². The number of hydrogen-bond donors (Lipinski definition) is 1. The summed E-state index contributed by atoms with van der Waals surface area (Å²) in [6, 6.07) is 11.8. The topological polar surface area (TPSA) is 104 Å². The fourth-order valence-electron chi connectivity index (χ4n) is 3.49. The van der Waals surface area contributed by atoms with Gasteiger partial charge in [0.05, 0.1) is 19.8 Å². The Morgan fingerprint density at radius 2 is 1.91 bits per heavy atom. The monoisotopic (exact) mass is 468 g/mol. The number of halogens is 1. The van der Waals surface area contributed by atoms with E-state index in [1.165, 1.54) is 14.2 Å². The maximum absolute atomic E-state index is 13.2. The van der Waals surface area contributed by atoms with E-state index in [0.717, 1.165) is 5.39 Å². The molecule has 33 heavy (non-hydrogen) atoms. The Hall–Kier alpha value is -3.78. The van der Waals surface area contributed by atoms with Crippen LogP contribution in [-0.2, 0) is 11.2 Å². The minimum atomic E-state index is -0.323. The third-order valence-corrected chi connectivity index (χ3v) is 5.38. The molecule has 2 aromatic heterocycles. The second-order valence-electron chi connectivity index (χ2n) is 7.33. The van der Waals surface area contributed by atoms with Crippen molar-refractivity contribution >= 4 is 39.9 Å². The summed E-state index contributed by atoms with van der Waals surface area (Å²) in [6.45, 7) is 1.80. The minimum Gasteiger partial charge on any atom is -0.497 e. The molecule has 0 fully saturated rings. The number of carbonyl (C=O) groups is 2. The fourth-order valence-corrected chi connectivity index (χ4v) is 3.65. The third-order valence-electron chi connectivity index (χ3n) is 5.21. The number of anilines is 1. The molecule has 2 aromatic carbocycles. The van der Waals surface area contributed by atoms with Gasteiger partial charge in [-0.25, -0.2) is 0 Å². The van der Waals surface area contributed by atoms with Gasteiger partial charge in [0.25, 0.3) is 0 Å². The molecule has 0 saturated carbocycles. The Labute approximate surface area is 194 Å². The predicted octanol–water partition coefficient (Wildman–Crippen LogP) is 5.20. The normalized spacial score (nSPS) is 10.9. The van der Waals surface area contributed by atoms with Gasteiger partial charge in [-0.05, 0) is 43.3 Å². The Morgan fingerprint density at radius 3 is 2.61 bits per heavy atom. The fraction of sp³-hybridized carbons (Fsp3) is 0.208. The standard InChI is InChI=1S/C24H21ClN2O6/c1-13-17-10-14(26-22(28)9-6-16-12-21(25)27-33-16)4-7-20(17)32-24(13)23(29)18-11-15(30-2)5-8-19(18)31-3/h4-5,7-8,10-12H,6,9H2,1-3H3,(H,26,28). The SMILES string of the molecule is COc1ccc(OC)c(C(=O)c2oc3ccc(NC(=O)CCc4cc(Cl)no4)cc3c2C)c1. The van der Waals surface area contributed by atoms with E-state index in [4.69, 9.17) is 30.0 Å². The molecule has 0 atom stereocenters. The number of furan rings is 1. The van der Waals surface area contributed by atoms with Crippen molar-refractivity contribution in [2.75, 3.05) is 19.5 Å². The predicted molar refractivity (Wildman–Crippen MR) is 122 cm³/mol. The van der Waals surface area contributed by atoms with Crippen LogP contribution < -0.4 is 14.8 Å². The van der Waals surface area contributed by atoms with E-state index in [-0.39, 0.29) is 29.0 Å². The van der Waals surface area contributed by atoms with Crippen LogP contribution in [0.4, 0.5) is 5.69 Å². The van der Waals surface area contributed by atoms with E-state index in [0.29, 0.717) is 46.1 Å². The summed E-state index contributed by atoms with van der Waals surface area (Å²) in [7, 11) is 3.02. The number of nitrogens with zero attached hydrogens (tertiary/aromatic N) is 1. The maximum Gasteiger partial charge on any atom is 0.232 e. The van der Waals surface area contributed by atoms with Crippen molar-refractivity contribution in [1.82, 2.24) is 5.16 Å². The van der Waals surface area contributed by atoms with Crippen molar-refractivity contribution in [2.24, 2.45) is 0 Å². The Morgan fingerprint density at radius 1 is 1.09 bits per heavy atom. The number of benzene rings is 2. The molecule has 4 aromatic rings. The lowest BCUT2D eigenvalue weighted by Crippen LogP contribution is -2.12. The van der Waals surface area contributed by atoms with Crippen LogP contribution in [0.3, 0.4) is 0 Å². The Balaban J connectivity index is 1.56. The summed E-state index contributed by atoms with van der Waals surface area (Å²) >= 11 is 5.72. The number of aryl methyl sites for hydroxylation is 2. The van der Waals surface area contributed by atoms with Crippen LogP contribution in [0, 0.1) is 6.92 Å². The van der Waals surface area contributed by atoms with Crippen LogP contribution in [0.25, 0.3) is 11.0 Å². The van der Waals surface area contributed by atoms with E-state index in [2.05, 4.69) is 10.5 Å². The lowest BCUT2D eigenvalue weighted by Gasteiger charge is -2.08. The van der Waals surface area contributed by atoms with Crippen molar-refractivity contribution in [2.45, 2.75) is 19.8 Å². The second kappa shape index (κ2) is 9.38. The molecule has 0 radical (unpaired) electrons. The quantitative estimate of drug-likeness (QED) is 0.354. The molecule has 9 heteroatoms. The molecule has 0 aliphatic carbocycles. The summed E-state index contributed by atoms with van der Waals surface area (Å²) in [4.78, 5) is 25.6. The molecule has 2 heterocycles. The van der Waals surface area contributed by atoms with Crippen LogP contribution in [-0.4, -0.2) is 31.1 Å². The summed E-state index contributed by atoms with van der Waals surface area (Å²) < 4.78 is 21.4. The molecule has 0 aliphatic heterocycles. The first-order valence-electron chi connectivity index (χ1n) is 10.1. The number of rotatable bonds is 8. The summed E-state index contributed by atoms with van der Waals surface area (Å²) in [5.74, 6) is 1.16. The highest BCUT2D eigenvalue weighted by Crippen LogP contribution is 2.32. The molecule has 1 N–H and O–H groups in total. The van der Waals surface area contributed by atoms with E-state index >= 15 is 0 Å². The van der Waals surface area contributed by atoms with Crippen molar-refractivity contribution in [3.8, 4) is 11.5 Å². The van der Waals surface area contributed by atoms with Crippen molar-refractivity contribution < 1.29 is 28.0 Å². The molecule has 0 spiro atoms. The lowest BCUT2D eigenvalue weighted by atomic mass is 10.0. The number of ether oxygens (including phenoxy) is 2. The molecule has 170 valence electrons. The highest BCUT2D eigenvalue weighted by atomic mass is 35.5. The van der Waals surface area contributed by atoms with Gasteiger partial charge in [-0.3, -0.25) is 9.59 Å². The number of carbonyl (C=O) groups excluding carboxylic acids is 2. The van der Waals surface area contributed by atoms with E-state index < -0.39 is 0 Å². The molecule has 0 unspecified atom stereocenters. The van der Waals surface area contributed by atoms with Gasteiger partial charge in [0.2, 0.25) is 11.7 Å². The molecule has 0 saturated heterocycles. The zero-order valence-electron chi connectivity index (χ0n) is 18.2. The van der Waals surface area contributed by atoms with E-state index in [9.17, 15) is 9.59 Å². The summed E-state index contributed by atoms with van der Waals surface area (Å²) in [5.41, 5.74) is 2.12. The highest BCUT2D eigenvalue weighted by molar-refractivity contribution is 6.29. The number of fused-ring (bicyclic) bond motifs is 1. The summed E-state index contributed by atoms with van der Waals surface area (Å²) in [6.07, 6.45) is 0.576. The second-order valence-corrected chi connectivity index (χ2v) is 7.71. The Kier molecular flexibility index (Phi) is 6.37. The van der Waals surface area contributed by atoms with Gasteiger partial charge in [0.15, 0.2) is 10.9 Å². The number of aromatic nitrogens is 1. The first-order valence-corrected chi connectivity index (χ1v) is 10.5. The van der Waals surface area contributed by atoms with Crippen LogP contribution in [0.5, 0.6) is 11.5 Å². The highest BCUT2D eigenvalue weighted by Gasteiger charge is 2.23. The largest absolute Gasteiger partial charge is 0.497 e. The first kappa shape index (κ1) is 22.4. The van der Waals surface area contributed by atoms with Gasteiger partial charge in [-0.2, -0.15) is 0 Å². The smallest absolute Gasteiger partial charge is 0.232 e. The van der Waals surface area contributed by atoms with E-state index in [1.54, 1.807) is 49.4 Å². The van der Waals surface area contributed by atoms with E-state index in [1.807, 2.05) is 0 Å². The third kappa shape index (κ3) is 4.70. The number of methoxy groups -OCH3 is 2. The van der Waals surface area contributed by atoms with Gasteiger partial charge in [0.1, 0.15) is 22.8 Å². The molecule has 1 amide bonds. The molecular formula is C24H21ClN2O6. The van der Waals surface area contributed by atoms with Crippen molar-refractivity contribution in [3.63, 3.8) is 0 Å². The number of ketones is 1. The average molecular weight is 469 g/mol. The lowest BCUT2D eigenvalue weighted by molar-refractivity contribution is -0.116.